The molecule has 0 unspecified atom stereocenters. The Labute approximate surface area is 153 Å². The summed E-state index contributed by atoms with van der Waals surface area (Å²) in [5, 5.41) is 14.3. The number of benzene rings is 2. The lowest BCUT2D eigenvalue weighted by Gasteiger charge is -2.17. The number of aromatic nitrogens is 4. The molecule has 7 heteroatoms. The molecule has 1 aromatic heterocycles. The van der Waals surface area contributed by atoms with E-state index in [9.17, 15) is 4.79 Å². The molecular formula is C18H16BrN5O. The van der Waals surface area contributed by atoms with Crippen molar-refractivity contribution in [1.29, 1.82) is 0 Å². The van der Waals surface area contributed by atoms with Gasteiger partial charge in [-0.25, -0.2) is 4.68 Å². The first-order valence-electron chi connectivity index (χ1n) is 8.00. The van der Waals surface area contributed by atoms with Crippen LogP contribution in [0, 0.1) is 6.92 Å². The molecule has 0 bridgehead atoms. The molecule has 2 aromatic carbocycles. The van der Waals surface area contributed by atoms with Crippen molar-refractivity contribution < 1.29 is 4.79 Å². The van der Waals surface area contributed by atoms with Gasteiger partial charge in [-0.15, -0.1) is 5.10 Å². The summed E-state index contributed by atoms with van der Waals surface area (Å²) in [4.78, 5) is 12.9. The Kier molecular flexibility index (Phi) is 3.88. The van der Waals surface area contributed by atoms with Crippen LogP contribution in [-0.4, -0.2) is 26.1 Å². The first kappa shape index (κ1) is 16.0. The van der Waals surface area contributed by atoms with Crippen LogP contribution in [0.2, 0.25) is 0 Å². The molecule has 0 aliphatic heterocycles. The second kappa shape index (κ2) is 6.07. The Morgan fingerprint density at radius 2 is 2.08 bits per heavy atom. The van der Waals surface area contributed by atoms with E-state index in [0.717, 1.165) is 39.8 Å². The highest BCUT2D eigenvalue weighted by molar-refractivity contribution is 9.10. The molecule has 1 amide bonds. The predicted octanol–water partition coefficient (Wildman–Crippen LogP) is 3.40. The predicted molar refractivity (Wildman–Crippen MR) is 97.6 cm³/mol. The number of nitrogens with one attached hydrogen (secondary N) is 1. The molecule has 1 N–H and O–H groups in total. The van der Waals surface area contributed by atoms with Crippen LogP contribution >= 0.6 is 15.9 Å². The molecule has 4 rings (SSSR count). The van der Waals surface area contributed by atoms with E-state index < -0.39 is 5.41 Å². The number of carbonyl (C=O) groups excluding carboxylic acids is 1. The smallest absolute Gasteiger partial charge is 0.235 e. The van der Waals surface area contributed by atoms with Gasteiger partial charge in [0.05, 0.1) is 11.1 Å². The first-order chi connectivity index (χ1) is 12.1. The van der Waals surface area contributed by atoms with Gasteiger partial charge in [0.2, 0.25) is 5.91 Å². The second-order valence-corrected chi connectivity index (χ2v) is 7.22. The molecule has 1 aliphatic carbocycles. The summed E-state index contributed by atoms with van der Waals surface area (Å²) in [6.07, 6.45) is 3.29. The van der Waals surface area contributed by atoms with Crippen molar-refractivity contribution >= 4 is 27.5 Å². The third-order valence-electron chi connectivity index (χ3n) is 4.61. The Morgan fingerprint density at radius 3 is 2.72 bits per heavy atom. The van der Waals surface area contributed by atoms with Gasteiger partial charge in [-0.1, -0.05) is 28.1 Å². The van der Waals surface area contributed by atoms with Crippen molar-refractivity contribution in [2.45, 2.75) is 25.2 Å². The molecule has 126 valence electrons. The van der Waals surface area contributed by atoms with Gasteiger partial charge in [0.1, 0.15) is 6.33 Å². The number of hydrogen-bond donors (Lipinski definition) is 1. The first-order valence-corrected chi connectivity index (χ1v) is 8.79. The Morgan fingerprint density at radius 1 is 1.24 bits per heavy atom. The molecule has 1 saturated carbocycles. The topological polar surface area (TPSA) is 72.7 Å². The molecule has 25 heavy (non-hydrogen) atoms. The third kappa shape index (κ3) is 2.95. The van der Waals surface area contributed by atoms with Crippen molar-refractivity contribution in [2.24, 2.45) is 0 Å². The van der Waals surface area contributed by atoms with Gasteiger partial charge < -0.3 is 5.32 Å². The zero-order valence-corrected chi connectivity index (χ0v) is 15.2. The number of carbonyl (C=O) groups is 1. The fourth-order valence-corrected chi connectivity index (χ4v) is 3.47. The van der Waals surface area contributed by atoms with E-state index in [4.69, 9.17) is 0 Å². The number of anilines is 1. The van der Waals surface area contributed by atoms with E-state index >= 15 is 0 Å². The Hall–Kier alpha value is -2.54. The fourth-order valence-electron chi connectivity index (χ4n) is 3.07. The largest absolute Gasteiger partial charge is 0.325 e. The number of amides is 1. The summed E-state index contributed by atoms with van der Waals surface area (Å²) >= 11 is 3.48. The van der Waals surface area contributed by atoms with Crippen molar-refractivity contribution in [3.63, 3.8) is 0 Å². The molecule has 1 heterocycles. The van der Waals surface area contributed by atoms with Crippen LogP contribution in [0.1, 0.15) is 24.0 Å². The van der Waals surface area contributed by atoms with Crippen molar-refractivity contribution in [1.82, 2.24) is 20.2 Å². The highest BCUT2D eigenvalue weighted by Gasteiger charge is 2.51. The van der Waals surface area contributed by atoms with Crippen LogP contribution < -0.4 is 5.32 Å². The van der Waals surface area contributed by atoms with Gasteiger partial charge in [-0.05, 0) is 71.7 Å². The lowest BCUT2D eigenvalue weighted by Crippen LogP contribution is -2.27. The van der Waals surface area contributed by atoms with Crippen molar-refractivity contribution in [3.05, 3.63) is 64.4 Å². The monoisotopic (exact) mass is 397 g/mol. The van der Waals surface area contributed by atoms with Crippen LogP contribution in [0.5, 0.6) is 0 Å². The van der Waals surface area contributed by atoms with Crippen LogP contribution in [0.3, 0.4) is 0 Å². The normalized spacial score (nSPS) is 15.0. The van der Waals surface area contributed by atoms with E-state index in [1.54, 1.807) is 11.0 Å². The van der Waals surface area contributed by atoms with Crippen LogP contribution in [-0.2, 0) is 10.2 Å². The van der Waals surface area contributed by atoms with Gasteiger partial charge in [0.25, 0.3) is 0 Å². The van der Waals surface area contributed by atoms with Gasteiger partial charge in [-0.3, -0.25) is 4.79 Å². The van der Waals surface area contributed by atoms with Gasteiger partial charge >= 0.3 is 0 Å². The van der Waals surface area contributed by atoms with E-state index in [1.807, 2.05) is 49.4 Å². The van der Waals surface area contributed by atoms with Gasteiger partial charge in [0, 0.05) is 10.2 Å². The van der Waals surface area contributed by atoms with E-state index in [2.05, 4.69) is 36.8 Å². The number of halogens is 1. The Bertz CT molecular complexity index is 934. The van der Waals surface area contributed by atoms with E-state index in [1.165, 1.54) is 0 Å². The zero-order chi connectivity index (χ0) is 17.4. The summed E-state index contributed by atoms with van der Waals surface area (Å²) in [6.45, 7) is 1.97. The molecular weight excluding hydrogens is 382 g/mol. The average Bonchev–Trinajstić information content (AvgIpc) is 3.24. The molecule has 0 atom stereocenters. The van der Waals surface area contributed by atoms with Gasteiger partial charge in [-0.2, -0.15) is 0 Å². The summed E-state index contributed by atoms with van der Waals surface area (Å²) in [5.74, 6) is 0.0418. The molecule has 0 radical (unpaired) electrons. The molecule has 0 spiro atoms. The molecule has 1 aliphatic rings. The minimum absolute atomic E-state index is 0.0418. The number of rotatable bonds is 4. The number of aryl methyl sites for hydroxylation is 1. The Balaban J connectivity index is 1.56. The number of nitrogens with zero attached hydrogens (tertiary/aromatic N) is 4. The van der Waals surface area contributed by atoms with Crippen molar-refractivity contribution in [3.8, 4) is 5.69 Å². The third-order valence-corrected chi connectivity index (χ3v) is 5.11. The fraction of sp³-hybridized carbons (Fsp3) is 0.222. The minimum atomic E-state index is -0.411. The maximum atomic E-state index is 12.9. The summed E-state index contributed by atoms with van der Waals surface area (Å²) in [6, 6.07) is 13.7. The van der Waals surface area contributed by atoms with E-state index in [-0.39, 0.29) is 5.91 Å². The SMILES string of the molecule is Cc1cc(NC(=O)C2(c3cccc(Br)c3)CC2)ccc1-n1cnnn1. The molecule has 0 saturated heterocycles. The van der Waals surface area contributed by atoms with Crippen LogP contribution in [0.4, 0.5) is 5.69 Å². The average molecular weight is 398 g/mol. The van der Waals surface area contributed by atoms with Crippen LogP contribution in [0.15, 0.2) is 53.3 Å². The van der Waals surface area contributed by atoms with Gasteiger partial charge in [0.15, 0.2) is 0 Å². The number of tetrazole rings is 1. The highest BCUT2D eigenvalue weighted by atomic mass is 79.9. The highest BCUT2D eigenvalue weighted by Crippen LogP contribution is 2.49. The lowest BCUT2D eigenvalue weighted by atomic mass is 9.95. The quantitative estimate of drug-likeness (QED) is 0.731. The maximum Gasteiger partial charge on any atom is 0.235 e. The number of hydrogen-bond acceptors (Lipinski definition) is 4. The molecule has 6 nitrogen and oxygen atoms in total. The van der Waals surface area contributed by atoms with E-state index in [0.29, 0.717) is 0 Å². The minimum Gasteiger partial charge on any atom is -0.325 e. The van der Waals surface area contributed by atoms with Crippen LogP contribution in [0.25, 0.3) is 5.69 Å². The lowest BCUT2D eigenvalue weighted by molar-refractivity contribution is -0.118. The summed E-state index contributed by atoms with van der Waals surface area (Å²) in [5.41, 5.74) is 3.29. The summed E-state index contributed by atoms with van der Waals surface area (Å²) in [7, 11) is 0. The molecule has 3 aromatic rings. The zero-order valence-electron chi connectivity index (χ0n) is 13.6. The summed E-state index contributed by atoms with van der Waals surface area (Å²) < 4.78 is 2.59. The second-order valence-electron chi connectivity index (χ2n) is 6.30. The standard InChI is InChI=1S/C18H16BrN5O/c1-12-9-15(5-6-16(12)24-11-20-22-23-24)21-17(25)18(7-8-18)13-3-2-4-14(19)10-13/h2-6,9-11H,7-8H2,1H3,(H,21,25). The van der Waals surface area contributed by atoms with Crippen molar-refractivity contribution in [2.75, 3.05) is 5.32 Å². The molecule has 1 fully saturated rings. The maximum absolute atomic E-state index is 12.9.